The molecule has 2 aromatic carbocycles. The van der Waals surface area contributed by atoms with Crippen LogP contribution in [-0.2, 0) is 13.2 Å². The number of fused-ring (bicyclic) bond motifs is 1. The molecule has 6 nitrogen and oxygen atoms in total. The van der Waals surface area contributed by atoms with Gasteiger partial charge >= 0.3 is 0 Å². The maximum Gasteiger partial charge on any atom is 0.287 e. The molecule has 150 valence electrons. The number of furan rings is 1. The largest absolute Gasteiger partial charge is 0.489 e. The molecule has 2 heterocycles. The molecule has 1 aliphatic rings. The smallest absolute Gasteiger partial charge is 0.287 e. The SMILES string of the molecule is O=C(NCc1cc(Cl)c2c(c1)OCCCO2)c1occc1COc1ccccc1. The second kappa shape index (κ2) is 8.92. The Bertz CT molecular complexity index is 986. The fourth-order valence-electron chi connectivity index (χ4n) is 2.98. The van der Waals surface area contributed by atoms with Crippen LogP contribution in [0.2, 0.25) is 5.02 Å². The molecule has 1 aromatic heterocycles. The maximum atomic E-state index is 12.6. The molecule has 0 radical (unpaired) electrons. The Balaban J connectivity index is 1.40. The standard InChI is InChI=1S/C22H20ClNO5/c23-18-11-15(12-19-21(18)27-9-4-8-26-19)13-24-22(25)20-16(7-10-28-20)14-29-17-5-2-1-3-6-17/h1-3,5-7,10-12H,4,8-9,13-14H2,(H,24,25). The summed E-state index contributed by atoms with van der Waals surface area (Å²) >= 11 is 6.31. The van der Waals surface area contributed by atoms with E-state index in [1.165, 1.54) is 6.26 Å². The van der Waals surface area contributed by atoms with Gasteiger partial charge in [0.05, 0.1) is 24.5 Å². The fourth-order valence-corrected chi connectivity index (χ4v) is 3.26. The van der Waals surface area contributed by atoms with E-state index in [1.54, 1.807) is 12.1 Å². The molecular weight excluding hydrogens is 394 g/mol. The Labute approximate surface area is 173 Å². The lowest BCUT2D eigenvalue weighted by atomic mass is 10.2. The molecule has 0 spiro atoms. The van der Waals surface area contributed by atoms with Crippen LogP contribution in [0.25, 0.3) is 0 Å². The summed E-state index contributed by atoms with van der Waals surface area (Å²) in [6.45, 7) is 1.64. The van der Waals surface area contributed by atoms with Crippen molar-refractivity contribution in [3.8, 4) is 17.2 Å². The number of rotatable bonds is 6. The Morgan fingerprint density at radius 2 is 1.93 bits per heavy atom. The van der Waals surface area contributed by atoms with E-state index in [2.05, 4.69) is 5.32 Å². The van der Waals surface area contributed by atoms with E-state index < -0.39 is 0 Å². The lowest BCUT2D eigenvalue weighted by molar-refractivity contribution is 0.0919. The van der Waals surface area contributed by atoms with Gasteiger partial charge in [-0.3, -0.25) is 4.79 Å². The van der Waals surface area contributed by atoms with E-state index >= 15 is 0 Å². The first-order valence-corrected chi connectivity index (χ1v) is 9.69. The van der Waals surface area contributed by atoms with Crippen molar-refractivity contribution in [3.05, 3.63) is 76.7 Å². The molecule has 1 amide bonds. The Kier molecular flexibility index (Phi) is 5.91. The molecule has 1 aliphatic heterocycles. The number of amides is 1. The lowest BCUT2D eigenvalue weighted by Crippen LogP contribution is -2.23. The zero-order valence-electron chi connectivity index (χ0n) is 15.7. The molecule has 0 unspecified atom stereocenters. The minimum atomic E-state index is -0.329. The monoisotopic (exact) mass is 413 g/mol. The number of para-hydroxylation sites is 1. The summed E-state index contributed by atoms with van der Waals surface area (Å²) in [4.78, 5) is 12.6. The van der Waals surface area contributed by atoms with Gasteiger partial charge in [0.25, 0.3) is 5.91 Å². The van der Waals surface area contributed by atoms with E-state index in [1.807, 2.05) is 36.4 Å². The van der Waals surface area contributed by atoms with Crippen LogP contribution in [0, 0.1) is 0 Å². The second-order valence-corrected chi connectivity index (χ2v) is 6.92. The molecule has 0 bridgehead atoms. The summed E-state index contributed by atoms with van der Waals surface area (Å²) in [5.41, 5.74) is 1.48. The number of nitrogens with one attached hydrogen (secondary N) is 1. The van der Waals surface area contributed by atoms with Crippen LogP contribution in [0.3, 0.4) is 0 Å². The fraction of sp³-hybridized carbons (Fsp3) is 0.227. The molecule has 7 heteroatoms. The topological polar surface area (TPSA) is 69.9 Å². The highest BCUT2D eigenvalue weighted by atomic mass is 35.5. The van der Waals surface area contributed by atoms with Gasteiger partial charge in [0.1, 0.15) is 12.4 Å². The van der Waals surface area contributed by atoms with Crippen molar-refractivity contribution >= 4 is 17.5 Å². The number of carbonyl (C=O) groups is 1. The van der Waals surface area contributed by atoms with Crippen LogP contribution >= 0.6 is 11.6 Å². The van der Waals surface area contributed by atoms with E-state index in [-0.39, 0.29) is 24.8 Å². The summed E-state index contributed by atoms with van der Waals surface area (Å²) in [7, 11) is 0. The number of ether oxygens (including phenoxy) is 3. The molecule has 0 saturated carbocycles. The Morgan fingerprint density at radius 1 is 1.10 bits per heavy atom. The number of halogens is 1. The van der Waals surface area contributed by atoms with Crippen LogP contribution in [0.15, 0.2) is 59.2 Å². The van der Waals surface area contributed by atoms with Gasteiger partial charge in [0.2, 0.25) is 0 Å². The number of carbonyl (C=O) groups excluding carboxylic acids is 1. The zero-order chi connectivity index (χ0) is 20.1. The second-order valence-electron chi connectivity index (χ2n) is 6.51. The Hall–Kier alpha value is -3.12. The predicted molar refractivity (Wildman–Crippen MR) is 108 cm³/mol. The summed E-state index contributed by atoms with van der Waals surface area (Å²) in [5, 5.41) is 3.31. The average molecular weight is 414 g/mol. The van der Waals surface area contributed by atoms with Gasteiger partial charge in [-0.25, -0.2) is 0 Å². The number of benzene rings is 2. The van der Waals surface area contributed by atoms with Gasteiger partial charge in [-0.05, 0) is 35.9 Å². The van der Waals surface area contributed by atoms with E-state index in [0.29, 0.717) is 35.3 Å². The van der Waals surface area contributed by atoms with Crippen LogP contribution in [0.4, 0.5) is 0 Å². The van der Waals surface area contributed by atoms with Gasteiger partial charge in [-0.2, -0.15) is 0 Å². The first kappa shape index (κ1) is 19.2. The predicted octanol–water partition coefficient (Wildman–Crippen LogP) is 4.60. The first-order valence-electron chi connectivity index (χ1n) is 9.31. The third-order valence-electron chi connectivity index (χ3n) is 4.41. The molecule has 1 N–H and O–H groups in total. The van der Waals surface area contributed by atoms with Crippen molar-refractivity contribution in [2.75, 3.05) is 13.2 Å². The van der Waals surface area contributed by atoms with Gasteiger partial charge in [-0.15, -0.1) is 0 Å². The van der Waals surface area contributed by atoms with Crippen molar-refractivity contribution in [1.82, 2.24) is 5.32 Å². The minimum absolute atomic E-state index is 0.223. The van der Waals surface area contributed by atoms with Gasteiger partial charge in [0.15, 0.2) is 17.3 Å². The molecule has 4 rings (SSSR count). The van der Waals surface area contributed by atoms with E-state index in [4.69, 9.17) is 30.2 Å². The molecular formula is C22H20ClNO5. The highest BCUT2D eigenvalue weighted by Gasteiger charge is 2.18. The average Bonchev–Trinajstić information content (AvgIpc) is 3.08. The van der Waals surface area contributed by atoms with Crippen LogP contribution in [-0.4, -0.2) is 19.1 Å². The normalized spacial score (nSPS) is 12.9. The van der Waals surface area contributed by atoms with Crippen molar-refractivity contribution in [1.29, 1.82) is 0 Å². The van der Waals surface area contributed by atoms with E-state index in [9.17, 15) is 4.79 Å². The molecule has 0 atom stereocenters. The highest BCUT2D eigenvalue weighted by molar-refractivity contribution is 6.32. The van der Waals surface area contributed by atoms with Crippen LogP contribution < -0.4 is 19.5 Å². The van der Waals surface area contributed by atoms with E-state index in [0.717, 1.165) is 17.7 Å². The lowest BCUT2D eigenvalue weighted by Gasteiger charge is -2.12. The molecule has 0 saturated heterocycles. The molecule has 29 heavy (non-hydrogen) atoms. The summed E-state index contributed by atoms with van der Waals surface area (Å²) in [6.07, 6.45) is 2.27. The van der Waals surface area contributed by atoms with Crippen LogP contribution in [0.5, 0.6) is 17.2 Å². The highest BCUT2D eigenvalue weighted by Crippen LogP contribution is 2.38. The molecule has 3 aromatic rings. The van der Waals surface area contributed by atoms with Gasteiger partial charge in [-0.1, -0.05) is 29.8 Å². The van der Waals surface area contributed by atoms with Crippen molar-refractivity contribution in [3.63, 3.8) is 0 Å². The van der Waals surface area contributed by atoms with Crippen LogP contribution in [0.1, 0.15) is 28.1 Å². The van der Waals surface area contributed by atoms with Crippen molar-refractivity contribution in [2.24, 2.45) is 0 Å². The molecule has 0 aliphatic carbocycles. The zero-order valence-corrected chi connectivity index (χ0v) is 16.4. The van der Waals surface area contributed by atoms with Gasteiger partial charge in [0, 0.05) is 18.5 Å². The number of hydrogen-bond acceptors (Lipinski definition) is 5. The summed E-state index contributed by atoms with van der Waals surface area (Å²) in [5.74, 6) is 1.76. The third-order valence-corrected chi connectivity index (χ3v) is 4.69. The van der Waals surface area contributed by atoms with Crippen molar-refractivity contribution < 1.29 is 23.4 Å². The quantitative estimate of drug-likeness (QED) is 0.639. The summed E-state index contributed by atoms with van der Waals surface area (Å²) < 4.78 is 22.4. The van der Waals surface area contributed by atoms with Crippen molar-refractivity contribution in [2.45, 2.75) is 19.6 Å². The summed E-state index contributed by atoms with van der Waals surface area (Å²) in [6, 6.07) is 14.7. The Morgan fingerprint density at radius 3 is 2.79 bits per heavy atom. The number of hydrogen-bond donors (Lipinski definition) is 1. The van der Waals surface area contributed by atoms with Gasteiger partial charge < -0.3 is 23.9 Å². The minimum Gasteiger partial charge on any atom is -0.489 e. The molecule has 0 fully saturated rings. The maximum absolute atomic E-state index is 12.6. The first-order chi connectivity index (χ1) is 14.2. The third kappa shape index (κ3) is 4.66.